The Bertz CT molecular complexity index is 748. The molecular formula is C21H23NO2. The van der Waals surface area contributed by atoms with Crippen LogP contribution in [0.25, 0.3) is 5.57 Å². The van der Waals surface area contributed by atoms with Crippen molar-refractivity contribution in [1.82, 2.24) is 0 Å². The molecule has 0 fully saturated rings. The SMILES string of the molecule is C=CCc1cc(/C(C)=C/C(N)=O)ccc1OC(C)c1ccccc1. The van der Waals surface area contributed by atoms with Gasteiger partial charge in [-0.3, -0.25) is 4.79 Å². The summed E-state index contributed by atoms with van der Waals surface area (Å²) in [6, 6.07) is 16.0. The number of carbonyl (C=O) groups is 1. The van der Waals surface area contributed by atoms with Gasteiger partial charge in [0.25, 0.3) is 0 Å². The Morgan fingerprint density at radius 1 is 1.25 bits per heavy atom. The first-order valence-corrected chi connectivity index (χ1v) is 7.94. The van der Waals surface area contributed by atoms with Crippen LogP contribution in [-0.2, 0) is 11.2 Å². The van der Waals surface area contributed by atoms with Gasteiger partial charge in [-0.25, -0.2) is 0 Å². The zero-order valence-electron chi connectivity index (χ0n) is 14.2. The number of primary amides is 1. The molecule has 0 aliphatic rings. The van der Waals surface area contributed by atoms with E-state index >= 15 is 0 Å². The molecular weight excluding hydrogens is 298 g/mol. The first kappa shape index (κ1) is 17.5. The fourth-order valence-electron chi connectivity index (χ4n) is 2.53. The van der Waals surface area contributed by atoms with Crippen molar-refractivity contribution < 1.29 is 9.53 Å². The van der Waals surface area contributed by atoms with Crippen LogP contribution in [0.15, 0.2) is 67.3 Å². The van der Waals surface area contributed by atoms with Gasteiger partial charge in [-0.1, -0.05) is 42.5 Å². The molecule has 3 nitrogen and oxygen atoms in total. The number of benzene rings is 2. The van der Waals surface area contributed by atoms with Crippen molar-refractivity contribution in [3.63, 3.8) is 0 Å². The van der Waals surface area contributed by atoms with E-state index in [1.807, 2.05) is 68.5 Å². The summed E-state index contributed by atoms with van der Waals surface area (Å²) in [5.41, 5.74) is 9.16. The highest BCUT2D eigenvalue weighted by Gasteiger charge is 2.11. The van der Waals surface area contributed by atoms with Crippen LogP contribution in [0.5, 0.6) is 5.75 Å². The van der Waals surface area contributed by atoms with Crippen molar-refractivity contribution >= 4 is 11.5 Å². The largest absolute Gasteiger partial charge is 0.486 e. The van der Waals surface area contributed by atoms with E-state index in [1.165, 1.54) is 6.08 Å². The van der Waals surface area contributed by atoms with Gasteiger partial charge in [0, 0.05) is 6.08 Å². The third kappa shape index (κ3) is 4.59. The van der Waals surface area contributed by atoms with E-state index in [2.05, 4.69) is 6.58 Å². The van der Waals surface area contributed by atoms with E-state index < -0.39 is 5.91 Å². The maximum Gasteiger partial charge on any atom is 0.241 e. The Labute approximate surface area is 143 Å². The lowest BCUT2D eigenvalue weighted by Crippen LogP contribution is -2.07. The molecule has 1 unspecified atom stereocenters. The second kappa shape index (κ2) is 8.16. The van der Waals surface area contributed by atoms with Crippen LogP contribution < -0.4 is 10.5 Å². The normalized spacial score (nSPS) is 12.5. The van der Waals surface area contributed by atoms with Crippen LogP contribution in [0.2, 0.25) is 0 Å². The average molecular weight is 321 g/mol. The first-order valence-electron chi connectivity index (χ1n) is 7.94. The molecule has 24 heavy (non-hydrogen) atoms. The molecule has 3 heteroatoms. The van der Waals surface area contributed by atoms with E-state index in [0.717, 1.165) is 28.0 Å². The third-order valence-electron chi connectivity index (χ3n) is 3.81. The van der Waals surface area contributed by atoms with Crippen LogP contribution >= 0.6 is 0 Å². The fourth-order valence-corrected chi connectivity index (χ4v) is 2.53. The molecule has 0 saturated heterocycles. The molecule has 0 heterocycles. The first-order chi connectivity index (χ1) is 11.5. The number of hydrogen-bond donors (Lipinski definition) is 1. The summed E-state index contributed by atoms with van der Waals surface area (Å²) < 4.78 is 6.14. The maximum absolute atomic E-state index is 11.1. The molecule has 0 spiro atoms. The van der Waals surface area contributed by atoms with Gasteiger partial charge in [-0.15, -0.1) is 6.58 Å². The van der Waals surface area contributed by atoms with Crippen LogP contribution in [0, 0.1) is 0 Å². The van der Waals surface area contributed by atoms with Crippen molar-refractivity contribution in [2.24, 2.45) is 5.73 Å². The van der Waals surface area contributed by atoms with Gasteiger partial charge in [-0.2, -0.15) is 0 Å². The number of carbonyl (C=O) groups excluding carboxylic acids is 1. The van der Waals surface area contributed by atoms with E-state index in [-0.39, 0.29) is 6.10 Å². The second-order valence-corrected chi connectivity index (χ2v) is 5.72. The van der Waals surface area contributed by atoms with E-state index in [9.17, 15) is 4.79 Å². The standard InChI is InChI=1S/C21H23NO2/c1-4-8-19-14-18(15(2)13-21(22)23)11-12-20(19)24-16(3)17-9-6-5-7-10-17/h4-7,9-14,16H,1,8H2,2-3H3,(H2,22,23)/b15-13+. The molecule has 1 atom stereocenters. The zero-order chi connectivity index (χ0) is 17.5. The average Bonchev–Trinajstić information content (AvgIpc) is 2.56. The molecule has 124 valence electrons. The van der Waals surface area contributed by atoms with Gasteiger partial charge in [-0.05, 0) is 54.7 Å². The number of allylic oxidation sites excluding steroid dienone is 2. The van der Waals surface area contributed by atoms with E-state index in [0.29, 0.717) is 6.42 Å². The predicted molar refractivity (Wildman–Crippen MR) is 98.7 cm³/mol. The van der Waals surface area contributed by atoms with Gasteiger partial charge >= 0.3 is 0 Å². The summed E-state index contributed by atoms with van der Waals surface area (Å²) in [4.78, 5) is 11.1. The molecule has 0 saturated carbocycles. The summed E-state index contributed by atoms with van der Waals surface area (Å²) in [7, 11) is 0. The van der Waals surface area contributed by atoms with Crippen LogP contribution in [-0.4, -0.2) is 5.91 Å². The summed E-state index contributed by atoms with van der Waals surface area (Å²) in [6.07, 6.45) is 3.91. The van der Waals surface area contributed by atoms with Gasteiger partial charge in [0.2, 0.25) is 5.91 Å². The van der Waals surface area contributed by atoms with E-state index in [1.54, 1.807) is 0 Å². The highest BCUT2D eigenvalue weighted by Crippen LogP contribution is 2.29. The Balaban J connectivity index is 2.29. The smallest absolute Gasteiger partial charge is 0.241 e. The molecule has 0 aliphatic heterocycles. The zero-order valence-corrected chi connectivity index (χ0v) is 14.2. The number of nitrogens with two attached hydrogens (primary N) is 1. The second-order valence-electron chi connectivity index (χ2n) is 5.72. The number of rotatable bonds is 7. The van der Waals surface area contributed by atoms with Gasteiger partial charge in [0.05, 0.1) is 0 Å². The molecule has 2 rings (SSSR count). The van der Waals surface area contributed by atoms with Gasteiger partial charge in [0.1, 0.15) is 11.9 Å². The predicted octanol–water partition coefficient (Wildman–Crippen LogP) is 4.44. The van der Waals surface area contributed by atoms with Crippen LogP contribution in [0.1, 0.15) is 36.6 Å². The molecule has 0 aliphatic carbocycles. The quantitative estimate of drug-likeness (QED) is 0.605. The molecule has 0 aromatic heterocycles. The Kier molecular flexibility index (Phi) is 5.96. The highest BCUT2D eigenvalue weighted by molar-refractivity contribution is 5.93. The Hall–Kier alpha value is -2.81. The topological polar surface area (TPSA) is 52.3 Å². The minimum atomic E-state index is -0.448. The molecule has 0 radical (unpaired) electrons. The minimum Gasteiger partial charge on any atom is -0.486 e. The van der Waals surface area contributed by atoms with Crippen molar-refractivity contribution in [2.75, 3.05) is 0 Å². The number of amides is 1. The molecule has 0 bridgehead atoms. The number of ether oxygens (including phenoxy) is 1. The van der Waals surface area contributed by atoms with Gasteiger partial charge < -0.3 is 10.5 Å². The lowest BCUT2D eigenvalue weighted by molar-refractivity contribution is -0.113. The van der Waals surface area contributed by atoms with Crippen LogP contribution in [0.3, 0.4) is 0 Å². The summed E-state index contributed by atoms with van der Waals surface area (Å²) in [5, 5.41) is 0. The molecule has 2 aromatic carbocycles. The minimum absolute atomic E-state index is 0.0529. The van der Waals surface area contributed by atoms with Crippen molar-refractivity contribution in [2.45, 2.75) is 26.4 Å². The van der Waals surface area contributed by atoms with Crippen molar-refractivity contribution in [3.8, 4) is 5.75 Å². The van der Waals surface area contributed by atoms with E-state index in [4.69, 9.17) is 10.5 Å². The van der Waals surface area contributed by atoms with Crippen molar-refractivity contribution in [1.29, 1.82) is 0 Å². The molecule has 1 amide bonds. The highest BCUT2D eigenvalue weighted by atomic mass is 16.5. The Morgan fingerprint density at radius 2 is 1.96 bits per heavy atom. The summed E-state index contributed by atoms with van der Waals surface area (Å²) in [6.45, 7) is 7.71. The molecule has 2 aromatic rings. The lowest BCUT2D eigenvalue weighted by Gasteiger charge is -2.18. The van der Waals surface area contributed by atoms with Crippen LogP contribution in [0.4, 0.5) is 0 Å². The van der Waals surface area contributed by atoms with Crippen molar-refractivity contribution in [3.05, 3.63) is 84.0 Å². The third-order valence-corrected chi connectivity index (χ3v) is 3.81. The Morgan fingerprint density at radius 3 is 2.58 bits per heavy atom. The summed E-state index contributed by atoms with van der Waals surface area (Å²) >= 11 is 0. The maximum atomic E-state index is 11.1. The lowest BCUT2D eigenvalue weighted by atomic mass is 10.0. The monoisotopic (exact) mass is 321 g/mol. The molecule has 2 N–H and O–H groups in total. The number of hydrogen-bond acceptors (Lipinski definition) is 2. The van der Waals surface area contributed by atoms with Gasteiger partial charge in [0.15, 0.2) is 0 Å². The summed E-state index contributed by atoms with van der Waals surface area (Å²) in [5.74, 6) is 0.373. The fraction of sp³-hybridized carbons (Fsp3) is 0.190.